The largest absolute Gasteiger partial charge is 0.347 e. The molecule has 2 amide bonds. The SMILES string of the molecule is Cl.N[C@@H]1CCC[C@H]1CC(=O)NCC(=O)N1CCCC1. The maximum atomic E-state index is 11.7. The predicted octanol–water partition coefficient (Wildman–Crippen LogP) is 0.664. The van der Waals surface area contributed by atoms with E-state index in [-0.39, 0.29) is 36.8 Å². The summed E-state index contributed by atoms with van der Waals surface area (Å²) in [5.41, 5.74) is 5.93. The van der Waals surface area contributed by atoms with Crippen molar-refractivity contribution in [3.63, 3.8) is 0 Å². The van der Waals surface area contributed by atoms with E-state index >= 15 is 0 Å². The molecule has 0 aromatic rings. The molecule has 3 N–H and O–H groups in total. The molecule has 6 heteroatoms. The standard InChI is InChI=1S/C13H23N3O2.ClH/c14-11-5-3-4-10(11)8-12(17)15-9-13(18)16-6-1-2-7-16;/h10-11H,1-9,14H2,(H,15,17);1H/t10-,11+;/m0./s1. The first-order valence-electron chi connectivity index (χ1n) is 6.97. The molecule has 1 saturated heterocycles. The number of hydrogen-bond acceptors (Lipinski definition) is 3. The second-order valence-corrected chi connectivity index (χ2v) is 5.42. The Morgan fingerprint density at radius 2 is 1.84 bits per heavy atom. The fraction of sp³-hybridized carbons (Fsp3) is 0.846. The van der Waals surface area contributed by atoms with Crippen LogP contribution in [0.4, 0.5) is 0 Å². The minimum Gasteiger partial charge on any atom is -0.347 e. The van der Waals surface area contributed by atoms with Gasteiger partial charge in [-0.25, -0.2) is 0 Å². The summed E-state index contributed by atoms with van der Waals surface area (Å²) in [5, 5.41) is 2.72. The van der Waals surface area contributed by atoms with Gasteiger partial charge in [-0.2, -0.15) is 0 Å². The summed E-state index contributed by atoms with van der Waals surface area (Å²) < 4.78 is 0. The third kappa shape index (κ3) is 4.66. The van der Waals surface area contributed by atoms with Crippen LogP contribution in [0.15, 0.2) is 0 Å². The fourth-order valence-electron chi connectivity index (χ4n) is 2.88. The van der Waals surface area contributed by atoms with E-state index in [0.717, 1.165) is 45.2 Å². The Morgan fingerprint density at radius 1 is 1.16 bits per heavy atom. The number of rotatable bonds is 4. The van der Waals surface area contributed by atoms with Gasteiger partial charge in [-0.15, -0.1) is 12.4 Å². The molecule has 2 atom stereocenters. The Kier molecular flexibility index (Phi) is 6.58. The molecule has 2 aliphatic rings. The first-order valence-corrected chi connectivity index (χ1v) is 6.97. The van der Waals surface area contributed by atoms with Crippen molar-refractivity contribution in [2.24, 2.45) is 11.7 Å². The number of amides is 2. The van der Waals surface area contributed by atoms with Crippen molar-refractivity contribution in [3.8, 4) is 0 Å². The van der Waals surface area contributed by atoms with Crippen LogP contribution in [0.1, 0.15) is 38.5 Å². The zero-order valence-corrected chi connectivity index (χ0v) is 12.1. The Balaban J connectivity index is 0.00000180. The van der Waals surface area contributed by atoms with E-state index in [9.17, 15) is 9.59 Å². The highest BCUT2D eigenvalue weighted by atomic mass is 35.5. The van der Waals surface area contributed by atoms with Gasteiger partial charge in [0.1, 0.15) is 0 Å². The van der Waals surface area contributed by atoms with Crippen molar-refractivity contribution < 1.29 is 9.59 Å². The number of likely N-dealkylation sites (tertiary alicyclic amines) is 1. The van der Waals surface area contributed by atoms with E-state index in [2.05, 4.69) is 5.32 Å². The summed E-state index contributed by atoms with van der Waals surface area (Å²) in [6.45, 7) is 1.81. The summed E-state index contributed by atoms with van der Waals surface area (Å²) in [5.74, 6) is 0.299. The monoisotopic (exact) mass is 289 g/mol. The van der Waals surface area contributed by atoms with Crippen molar-refractivity contribution in [2.45, 2.75) is 44.6 Å². The van der Waals surface area contributed by atoms with Gasteiger partial charge in [0.2, 0.25) is 11.8 Å². The van der Waals surface area contributed by atoms with Gasteiger partial charge >= 0.3 is 0 Å². The topological polar surface area (TPSA) is 75.4 Å². The molecule has 1 aliphatic carbocycles. The maximum absolute atomic E-state index is 11.7. The van der Waals surface area contributed by atoms with Crippen LogP contribution in [-0.2, 0) is 9.59 Å². The van der Waals surface area contributed by atoms with Gasteiger partial charge in [0.05, 0.1) is 6.54 Å². The van der Waals surface area contributed by atoms with Crippen molar-refractivity contribution in [1.82, 2.24) is 10.2 Å². The molecule has 2 rings (SSSR count). The lowest BCUT2D eigenvalue weighted by molar-refractivity contribution is -0.132. The van der Waals surface area contributed by atoms with E-state index in [4.69, 9.17) is 5.73 Å². The minimum absolute atomic E-state index is 0. The first kappa shape index (κ1) is 16.2. The van der Waals surface area contributed by atoms with Crippen molar-refractivity contribution in [3.05, 3.63) is 0 Å². The van der Waals surface area contributed by atoms with E-state index in [1.165, 1.54) is 0 Å². The summed E-state index contributed by atoms with van der Waals surface area (Å²) in [7, 11) is 0. The molecule has 5 nitrogen and oxygen atoms in total. The Morgan fingerprint density at radius 3 is 2.42 bits per heavy atom. The van der Waals surface area contributed by atoms with Crippen LogP contribution in [0, 0.1) is 5.92 Å². The van der Waals surface area contributed by atoms with Gasteiger partial charge in [-0.3, -0.25) is 9.59 Å². The number of nitrogens with two attached hydrogens (primary N) is 1. The van der Waals surface area contributed by atoms with E-state index in [1.54, 1.807) is 0 Å². The zero-order chi connectivity index (χ0) is 13.0. The average Bonchev–Trinajstić information content (AvgIpc) is 2.99. The molecule has 0 aromatic heterocycles. The van der Waals surface area contributed by atoms with Gasteiger partial charge in [0.25, 0.3) is 0 Å². The van der Waals surface area contributed by atoms with E-state index in [0.29, 0.717) is 12.3 Å². The molecule has 1 aliphatic heterocycles. The van der Waals surface area contributed by atoms with Crippen molar-refractivity contribution >= 4 is 24.2 Å². The van der Waals surface area contributed by atoms with Crippen LogP contribution >= 0.6 is 12.4 Å². The van der Waals surface area contributed by atoms with Crippen LogP contribution in [0.5, 0.6) is 0 Å². The summed E-state index contributed by atoms with van der Waals surface area (Å²) in [6, 6.07) is 0.157. The number of carbonyl (C=O) groups excluding carboxylic acids is 2. The smallest absolute Gasteiger partial charge is 0.241 e. The lowest BCUT2D eigenvalue weighted by atomic mass is 10.00. The Hall–Kier alpha value is -0.810. The third-order valence-corrected chi connectivity index (χ3v) is 4.06. The molecule has 0 spiro atoms. The van der Waals surface area contributed by atoms with E-state index < -0.39 is 0 Å². The number of nitrogens with one attached hydrogen (secondary N) is 1. The molecule has 2 fully saturated rings. The molecule has 0 aromatic carbocycles. The summed E-state index contributed by atoms with van der Waals surface area (Å²) >= 11 is 0. The molecule has 19 heavy (non-hydrogen) atoms. The highest BCUT2D eigenvalue weighted by Crippen LogP contribution is 2.26. The maximum Gasteiger partial charge on any atom is 0.241 e. The molecule has 0 radical (unpaired) electrons. The zero-order valence-electron chi connectivity index (χ0n) is 11.3. The molecule has 0 bridgehead atoms. The highest BCUT2D eigenvalue weighted by Gasteiger charge is 2.26. The van der Waals surface area contributed by atoms with Crippen molar-refractivity contribution in [2.75, 3.05) is 19.6 Å². The lowest BCUT2D eigenvalue weighted by Crippen LogP contribution is -2.39. The molecule has 1 heterocycles. The number of carbonyl (C=O) groups is 2. The second kappa shape index (κ2) is 7.70. The number of halogens is 1. The predicted molar refractivity (Wildman–Crippen MR) is 76.0 cm³/mol. The Bertz CT molecular complexity index is 319. The summed E-state index contributed by atoms with van der Waals surface area (Å²) in [4.78, 5) is 25.3. The quantitative estimate of drug-likeness (QED) is 0.798. The second-order valence-electron chi connectivity index (χ2n) is 5.42. The third-order valence-electron chi connectivity index (χ3n) is 4.06. The molecule has 0 unspecified atom stereocenters. The van der Waals surface area contributed by atoms with Crippen LogP contribution in [-0.4, -0.2) is 42.4 Å². The number of nitrogens with zero attached hydrogens (tertiary/aromatic N) is 1. The van der Waals surface area contributed by atoms with Crippen molar-refractivity contribution in [1.29, 1.82) is 0 Å². The molecule has 1 saturated carbocycles. The molecular formula is C13H24ClN3O2. The van der Waals surface area contributed by atoms with Gasteiger partial charge in [0, 0.05) is 25.6 Å². The van der Waals surface area contributed by atoms with Crippen LogP contribution in [0.2, 0.25) is 0 Å². The normalized spacial score (nSPS) is 26.1. The molecular weight excluding hydrogens is 266 g/mol. The minimum atomic E-state index is -0.0371. The van der Waals surface area contributed by atoms with E-state index in [1.807, 2.05) is 4.90 Å². The van der Waals surface area contributed by atoms with Gasteiger partial charge < -0.3 is 16.0 Å². The summed E-state index contributed by atoms with van der Waals surface area (Å²) in [6.07, 6.45) is 5.80. The molecule has 110 valence electrons. The van der Waals surface area contributed by atoms with Gasteiger partial charge in [0.15, 0.2) is 0 Å². The fourth-order valence-corrected chi connectivity index (χ4v) is 2.88. The lowest BCUT2D eigenvalue weighted by Gasteiger charge is -2.17. The average molecular weight is 290 g/mol. The number of hydrogen-bond donors (Lipinski definition) is 2. The van der Waals surface area contributed by atoms with Crippen LogP contribution < -0.4 is 11.1 Å². The first-order chi connectivity index (χ1) is 8.66. The van der Waals surface area contributed by atoms with Gasteiger partial charge in [-0.05, 0) is 31.6 Å². The van der Waals surface area contributed by atoms with Gasteiger partial charge in [-0.1, -0.05) is 6.42 Å². The van der Waals surface area contributed by atoms with Crippen LogP contribution in [0.25, 0.3) is 0 Å². The Labute approximate surface area is 120 Å². The van der Waals surface area contributed by atoms with Crippen LogP contribution in [0.3, 0.4) is 0 Å². The highest BCUT2D eigenvalue weighted by molar-refractivity contribution is 5.85.